The lowest BCUT2D eigenvalue weighted by molar-refractivity contribution is -0.150. The molecule has 6 nitrogen and oxygen atoms in total. The van der Waals surface area contributed by atoms with Gasteiger partial charge in [-0.1, -0.05) is 12.1 Å². The molecule has 1 aromatic rings. The van der Waals surface area contributed by atoms with Gasteiger partial charge in [0.05, 0.1) is 18.7 Å². The van der Waals surface area contributed by atoms with Crippen LogP contribution in [0.2, 0.25) is 0 Å². The van der Waals surface area contributed by atoms with Crippen molar-refractivity contribution < 1.29 is 19.1 Å². The number of nitriles is 1. The second kappa shape index (κ2) is 6.27. The molecular weight excluding hydrogens is 272 g/mol. The summed E-state index contributed by atoms with van der Waals surface area (Å²) in [6.45, 7) is 1.73. The fraction of sp³-hybridized carbons (Fsp3) is 0.400. The van der Waals surface area contributed by atoms with Crippen LogP contribution in [0.25, 0.3) is 0 Å². The quantitative estimate of drug-likeness (QED) is 0.784. The van der Waals surface area contributed by atoms with E-state index >= 15 is 0 Å². The maximum Gasteiger partial charge on any atom is 0.312 e. The van der Waals surface area contributed by atoms with E-state index in [1.807, 2.05) is 12.1 Å². The van der Waals surface area contributed by atoms with Crippen LogP contribution >= 0.6 is 0 Å². The van der Waals surface area contributed by atoms with Gasteiger partial charge < -0.3 is 14.4 Å². The van der Waals surface area contributed by atoms with E-state index in [0.29, 0.717) is 11.4 Å². The Morgan fingerprint density at radius 3 is 2.86 bits per heavy atom. The molecule has 1 fully saturated rings. The van der Waals surface area contributed by atoms with Crippen molar-refractivity contribution in [1.82, 2.24) is 0 Å². The number of methoxy groups -OCH3 is 1. The molecule has 6 heteroatoms. The Hall–Kier alpha value is -2.55. The second-order valence-electron chi connectivity index (χ2n) is 4.79. The molecule has 2 atom stereocenters. The predicted octanol–water partition coefficient (Wildman–Crippen LogP) is 1.50. The standard InChI is InChI=1S/C15H16N2O4/c1-10(8-16)21-15(19)11-7-14(18)17(9-11)12-5-3-4-6-13(12)20-2/h3-6,10-11H,7,9H2,1-2H3/t10-,11-/m1/s1. The number of anilines is 1. The number of ether oxygens (including phenoxy) is 2. The third-order valence-corrected chi connectivity index (χ3v) is 3.31. The van der Waals surface area contributed by atoms with Crippen molar-refractivity contribution in [3.05, 3.63) is 24.3 Å². The Balaban J connectivity index is 2.13. The Labute approximate surface area is 122 Å². The molecule has 0 spiro atoms. The van der Waals surface area contributed by atoms with E-state index in [1.165, 1.54) is 18.9 Å². The first-order chi connectivity index (χ1) is 10.1. The van der Waals surface area contributed by atoms with Gasteiger partial charge in [-0.15, -0.1) is 0 Å². The van der Waals surface area contributed by atoms with Gasteiger partial charge in [0.25, 0.3) is 0 Å². The average molecular weight is 288 g/mol. The first kappa shape index (κ1) is 14.9. The van der Waals surface area contributed by atoms with Gasteiger partial charge in [0, 0.05) is 13.0 Å². The second-order valence-corrected chi connectivity index (χ2v) is 4.79. The monoisotopic (exact) mass is 288 g/mol. The molecule has 0 aromatic heterocycles. The summed E-state index contributed by atoms with van der Waals surface area (Å²) in [5.41, 5.74) is 0.633. The molecule has 0 saturated carbocycles. The van der Waals surface area contributed by atoms with Crippen molar-refractivity contribution in [2.24, 2.45) is 5.92 Å². The van der Waals surface area contributed by atoms with Crippen molar-refractivity contribution in [3.8, 4) is 11.8 Å². The summed E-state index contributed by atoms with van der Waals surface area (Å²) >= 11 is 0. The molecule has 0 unspecified atom stereocenters. The van der Waals surface area contributed by atoms with E-state index in [2.05, 4.69) is 0 Å². The van der Waals surface area contributed by atoms with Gasteiger partial charge in [-0.2, -0.15) is 5.26 Å². The zero-order chi connectivity index (χ0) is 15.4. The number of hydrogen-bond donors (Lipinski definition) is 0. The third-order valence-electron chi connectivity index (χ3n) is 3.31. The number of para-hydroxylation sites is 2. The van der Waals surface area contributed by atoms with Crippen LogP contribution in [0.4, 0.5) is 5.69 Å². The average Bonchev–Trinajstić information content (AvgIpc) is 2.89. The summed E-state index contributed by atoms with van der Waals surface area (Å²) in [5.74, 6) is -0.663. The van der Waals surface area contributed by atoms with E-state index in [9.17, 15) is 9.59 Å². The van der Waals surface area contributed by atoms with E-state index in [1.54, 1.807) is 18.2 Å². The molecule has 1 aliphatic rings. The SMILES string of the molecule is COc1ccccc1N1C[C@H](C(=O)O[C@H](C)C#N)CC1=O. The largest absolute Gasteiger partial charge is 0.495 e. The van der Waals surface area contributed by atoms with Crippen molar-refractivity contribution in [2.75, 3.05) is 18.6 Å². The summed E-state index contributed by atoms with van der Waals surface area (Å²) in [6, 6.07) is 8.96. The topological polar surface area (TPSA) is 79.6 Å². The summed E-state index contributed by atoms with van der Waals surface area (Å²) in [4.78, 5) is 25.5. The first-order valence-electron chi connectivity index (χ1n) is 6.60. The van der Waals surface area contributed by atoms with Crippen LogP contribution in [-0.4, -0.2) is 31.6 Å². The molecule has 1 aliphatic heterocycles. The van der Waals surface area contributed by atoms with Crippen LogP contribution < -0.4 is 9.64 Å². The highest BCUT2D eigenvalue weighted by atomic mass is 16.5. The lowest BCUT2D eigenvalue weighted by Gasteiger charge is -2.19. The number of carbonyl (C=O) groups is 2. The molecule has 1 aromatic carbocycles. The van der Waals surface area contributed by atoms with Crippen LogP contribution in [0.5, 0.6) is 5.75 Å². The predicted molar refractivity (Wildman–Crippen MR) is 74.6 cm³/mol. The number of benzene rings is 1. The third kappa shape index (κ3) is 3.14. The van der Waals surface area contributed by atoms with Crippen LogP contribution in [0.3, 0.4) is 0 Å². The molecule has 110 valence electrons. The molecule has 0 bridgehead atoms. The smallest absolute Gasteiger partial charge is 0.312 e. The van der Waals surface area contributed by atoms with Crippen LogP contribution in [0.15, 0.2) is 24.3 Å². The highest BCUT2D eigenvalue weighted by Gasteiger charge is 2.37. The minimum Gasteiger partial charge on any atom is -0.495 e. The normalized spacial score (nSPS) is 19.0. The van der Waals surface area contributed by atoms with Crippen molar-refractivity contribution in [3.63, 3.8) is 0 Å². The zero-order valence-corrected chi connectivity index (χ0v) is 11.9. The Kier molecular flexibility index (Phi) is 4.43. The van der Waals surface area contributed by atoms with Gasteiger partial charge in [0.1, 0.15) is 11.8 Å². The summed E-state index contributed by atoms with van der Waals surface area (Å²) in [6.07, 6.45) is -0.734. The van der Waals surface area contributed by atoms with Gasteiger partial charge in [-0.3, -0.25) is 9.59 Å². The van der Waals surface area contributed by atoms with E-state index in [4.69, 9.17) is 14.7 Å². The number of esters is 1. The maximum atomic E-state index is 12.1. The molecule has 21 heavy (non-hydrogen) atoms. The number of nitrogens with zero attached hydrogens (tertiary/aromatic N) is 2. The van der Waals surface area contributed by atoms with Gasteiger partial charge in [-0.05, 0) is 19.1 Å². The van der Waals surface area contributed by atoms with E-state index in [-0.39, 0.29) is 18.9 Å². The maximum absolute atomic E-state index is 12.1. The van der Waals surface area contributed by atoms with Crippen molar-refractivity contribution in [1.29, 1.82) is 5.26 Å². The van der Waals surface area contributed by atoms with E-state index in [0.717, 1.165) is 0 Å². The van der Waals surface area contributed by atoms with Gasteiger partial charge in [0.15, 0.2) is 6.10 Å². The van der Waals surface area contributed by atoms with Crippen LogP contribution in [0, 0.1) is 17.2 Å². The van der Waals surface area contributed by atoms with E-state index < -0.39 is 18.0 Å². The zero-order valence-electron chi connectivity index (χ0n) is 11.9. The number of amides is 1. The van der Waals surface area contributed by atoms with Gasteiger partial charge >= 0.3 is 5.97 Å². The molecule has 1 amide bonds. The fourth-order valence-corrected chi connectivity index (χ4v) is 2.25. The first-order valence-corrected chi connectivity index (χ1v) is 6.60. The highest BCUT2D eigenvalue weighted by molar-refractivity contribution is 6.00. The lowest BCUT2D eigenvalue weighted by atomic mass is 10.1. The fourth-order valence-electron chi connectivity index (χ4n) is 2.25. The summed E-state index contributed by atoms with van der Waals surface area (Å²) in [7, 11) is 1.53. The minimum atomic E-state index is -0.812. The van der Waals surface area contributed by atoms with Crippen LogP contribution in [0.1, 0.15) is 13.3 Å². The van der Waals surface area contributed by atoms with Crippen molar-refractivity contribution in [2.45, 2.75) is 19.4 Å². The number of hydrogen-bond acceptors (Lipinski definition) is 5. The number of rotatable bonds is 4. The lowest BCUT2D eigenvalue weighted by Crippen LogP contribution is -2.27. The molecule has 1 saturated heterocycles. The minimum absolute atomic E-state index is 0.0784. The molecule has 0 N–H and O–H groups in total. The Morgan fingerprint density at radius 1 is 1.48 bits per heavy atom. The van der Waals surface area contributed by atoms with Crippen LogP contribution in [-0.2, 0) is 14.3 Å². The summed E-state index contributed by atoms with van der Waals surface area (Å²) in [5, 5.41) is 8.66. The van der Waals surface area contributed by atoms with Crippen molar-refractivity contribution >= 4 is 17.6 Å². The molecule has 2 rings (SSSR count). The highest BCUT2D eigenvalue weighted by Crippen LogP contribution is 2.33. The number of carbonyl (C=O) groups excluding carboxylic acids is 2. The van der Waals surface area contributed by atoms with Gasteiger partial charge in [0.2, 0.25) is 5.91 Å². The molecule has 0 radical (unpaired) electrons. The molecule has 1 heterocycles. The summed E-state index contributed by atoms with van der Waals surface area (Å²) < 4.78 is 10.2. The molecular formula is C15H16N2O4. The molecule has 0 aliphatic carbocycles. The Morgan fingerprint density at radius 2 is 2.19 bits per heavy atom. The van der Waals surface area contributed by atoms with Gasteiger partial charge in [-0.25, -0.2) is 0 Å². The Bertz CT molecular complexity index is 594.